The highest BCUT2D eigenvalue weighted by molar-refractivity contribution is 5.91. The van der Waals surface area contributed by atoms with E-state index in [0.717, 1.165) is 24.9 Å². The summed E-state index contributed by atoms with van der Waals surface area (Å²) in [5, 5.41) is 7.47. The molecular formula is C16H17N3O. The van der Waals surface area contributed by atoms with Crippen LogP contribution in [0.15, 0.2) is 42.7 Å². The number of rotatable bonds is 3. The zero-order chi connectivity index (χ0) is 13.6. The summed E-state index contributed by atoms with van der Waals surface area (Å²) in [6, 6.07) is 10.5. The summed E-state index contributed by atoms with van der Waals surface area (Å²) in [5.74, 6) is 0.226. The van der Waals surface area contributed by atoms with Gasteiger partial charge in [-0.15, -0.1) is 0 Å². The van der Waals surface area contributed by atoms with Crippen LogP contribution >= 0.6 is 0 Å². The zero-order valence-corrected chi connectivity index (χ0v) is 11.2. The summed E-state index contributed by atoms with van der Waals surface area (Å²) in [5.41, 5.74) is 2.26. The number of nitrogens with zero attached hydrogens (tertiary/aromatic N) is 2. The molecule has 1 spiro atoms. The van der Waals surface area contributed by atoms with Crippen molar-refractivity contribution in [2.45, 2.75) is 31.8 Å². The van der Waals surface area contributed by atoms with Crippen LogP contribution in [0.4, 0.5) is 0 Å². The molecule has 1 aliphatic carbocycles. The molecule has 1 atom stereocenters. The van der Waals surface area contributed by atoms with Gasteiger partial charge in [-0.2, -0.15) is 5.10 Å². The van der Waals surface area contributed by atoms with Crippen molar-refractivity contribution >= 4 is 5.91 Å². The van der Waals surface area contributed by atoms with Gasteiger partial charge in [0, 0.05) is 11.8 Å². The van der Waals surface area contributed by atoms with E-state index in [1.807, 2.05) is 29.1 Å². The lowest BCUT2D eigenvalue weighted by Gasteiger charge is -2.54. The van der Waals surface area contributed by atoms with Gasteiger partial charge in [-0.3, -0.25) is 9.48 Å². The maximum Gasteiger partial charge on any atom is 0.229 e. The largest absolute Gasteiger partial charge is 0.348 e. The molecule has 4 heteroatoms. The second-order valence-corrected chi connectivity index (χ2v) is 5.87. The molecular weight excluding hydrogens is 250 g/mol. The Hall–Kier alpha value is -2.10. The molecule has 1 aromatic heterocycles. The Labute approximate surface area is 117 Å². The van der Waals surface area contributed by atoms with Gasteiger partial charge in [-0.25, -0.2) is 0 Å². The molecule has 1 aromatic carbocycles. The van der Waals surface area contributed by atoms with Crippen LogP contribution in [0.2, 0.25) is 0 Å². The summed E-state index contributed by atoms with van der Waals surface area (Å²) in [7, 11) is 0. The van der Waals surface area contributed by atoms with Crippen LogP contribution in [0.5, 0.6) is 0 Å². The number of β-lactam (4-membered cyclic amide) rings is 1. The Kier molecular flexibility index (Phi) is 2.46. The van der Waals surface area contributed by atoms with Crippen molar-refractivity contribution in [3.63, 3.8) is 0 Å². The van der Waals surface area contributed by atoms with Crippen molar-refractivity contribution in [3.8, 4) is 0 Å². The number of carbonyl (C=O) groups excluding carboxylic acids is 1. The van der Waals surface area contributed by atoms with Crippen molar-refractivity contribution in [3.05, 3.63) is 53.9 Å². The highest BCUT2D eigenvalue weighted by atomic mass is 16.2. The number of nitrogens with one attached hydrogen (secondary N) is 1. The van der Waals surface area contributed by atoms with Gasteiger partial charge in [-0.05, 0) is 18.4 Å². The molecule has 1 unspecified atom stereocenters. The van der Waals surface area contributed by atoms with Gasteiger partial charge >= 0.3 is 0 Å². The maximum absolute atomic E-state index is 11.8. The first-order valence-electron chi connectivity index (χ1n) is 7.15. The molecule has 2 heterocycles. The standard InChI is InChI=1S/C16H17N3O/c20-15-16(7-4-8-16)14(18-15)13-9-17-19(11-13)10-12-5-2-1-3-6-12/h1-3,5-6,9,11,14H,4,7-8,10H2,(H,18,20). The zero-order valence-electron chi connectivity index (χ0n) is 11.2. The maximum atomic E-state index is 11.8. The number of hydrogen-bond acceptors (Lipinski definition) is 2. The molecule has 2 aromatic rings. The molecule has 102 valence electrons. The van der Waals surface area contributed by atoms with Crippen molar-refractivity contribution in [2.24, 2.45) is 5.41 Å². The molecule has 0 bridgehead atoms. The molecule has 2 aliphatic rings. The van der Waals surface area contributed by atoms with Crippen LogP contribution in [0.1, 0.15) is 36.4 Å². The minimum Gasteiger partial charge on any atom is -0.348 e. The van der Waals surface area contributed by atoms with Crippen LogP contribution < -0.4 is 5.32 Å². The minimum atomic E-state index is -0.111. The monoisotopic (exact) mass is 267 g/mol. The lowest BCUT2D eigenvalue weighted by atomic mass is 9.57. The van der Waals surface area contributed by atoms with E-state index in [-0.39, 0.29) is 17.4 Å². The van der Waals surface area contributed by atoms with Crippen molar-refractivity contribution in [1.29, 1.82) is 0 Å². The number of hydrogen-bond donors (Lipinski definition) is 1. The molecule has 20 heavy (non-hydrogen) atoms. The highest BCUT2D eigenvalue weighted by Gasteiger charge is 2.59. The summed E-state index contributed by atoms with van der Waals surface area (Å²) in [6.45, 7) is 0.772. The second kappa shape index (κ2) is 4.20. The predicted octanol–water partition coefficient (Wildman–Crippen LogP) is 2.27. The number of benzene rings is 1. The van der Waals surface area contributed by atoms with Gasteiger partial charge in [0.2, 0.25) is 5.91 Å². The van der Waals surface area contributed by atoms with E-state index in [1.54, 1.807) is 0 Å². The Morgan fingerprint density at radius 1 is 1.30 bits per heavy atom. The van der Waals surface area contributed by atoms with E-state index in [2.05, 4.69) is 28.7 Å². The van der Waals surface area contributed by atoms with Gasteiger partial charge in [0.15, 0.2) is 0 Å². The van der Waals surface area contributed by atoms with Crippen LogP contribution in [0.3, 0.4) is 0 Å². The van der Waals surface area contributed by atoms with E-state index in [1.165, 1.54) is 12.0 Å². The van der Waals surface area contributed by atoms with Gasteiger partial charge in [-0.1, -0.05) is 36.8 Å². The van der Waals surface area contributed by atoms with Crippen LogP contribution in [-0.4, -0.2) is 15.7 Å². The fourth-order valence-electron chi connectivity index (χ4n) is 3.33. The van der Waals surface area contributed by atoms with Gasteiger partial charge in [0.25, 0.3) is 0 Å². The average Bonchev–Trinajstić information content (AvgIpc) is 2.83. The second-order valence-electron chi connectivity index (χ2n) is 5.87. The van der Waals surface area contributed by atoms with Crippen molar-refractivity contribution in [2.75, 3.05) is 0 Å². The third-order valence-corrected chi connectivity index (χ3v) is 4.70. The van der Waals surface area contributed by atoms with Crippen LogP contribution in [0.25, 0.3) is 0 Å². The van der Waals surface area contributed by atoms with E-state index >= 15 is 0 Å². The third-order valence-electron chi connectivity index (χ3n) is 4.70. The van der Waals surface area contributed by atoms with Gasteiger partial charge < -0.3 is 5.32 Å². The van der Waals surface area contributed by atoms with Crippen molar-refractivity contribution in [1.82, 2.24) is 15.1 Å². The summed E-state index contributed by atoms with van der Waals surface area (Å²) in [4.78, 5) is 11.8. The predicted molar refractivity (Wildman–Crippen MR) is 74.9 cm³/mol. The van der Waals surface area contributed by atoms with E-state index in [9.17, 15) is 4.79 Å². The molecule has 4 nitrogen and oxygen atoms in total. The first kappa shape index (κ1) is 11.7. The van der Waals surface area contributed by atoms with E-state index in [4.69, 9.17) is 0 Å². The van der Waals surface area contributed by atoms with Crippen LogP contribution in [0, 0.1) is 5.41 Å². The summed E-state index contributed by atoms with van der Waals surface area (Å²) in [6.07, 6.45) is 7.17. The van der Waals surface area contributed by atoms with Crippen molar-refractivity contribution < 1.29 is 4.79 Å². The highest BCUT2D eigenvalue weighted by Crippen LogP contribution is 2.55. The lowest BCUT2D eigenvalue weighted by Crippen LogP contribution is -2.64. The Balaban J connectivity index is 1.53. The Morgan fingerprint density at radius 2 is 2.10 bits per heavy atom. The molecule has 4 rings (SSSR count). The molecule has 1 amide bonds. The first-order chi connectivity index (χ1) is 9.78. The molecule has 1 saturated carbocycles. The Bertz CT molecular complexity index is 643. The average molecular weight is 267 g/mol. The first-order valence-corrected chi connectivity index (χ1v) is 7.15. The number of carbonyl (C=O) groups is 1. The third kappa shape index (κ3) is 1.60. The normalized spacial score (nSPS) is 23.0. The van der Waals surface area contributed by atoms with E-state index in [0.29, 0.717) is 0 Å². The topological polar surface area (TPSA) is 46.9 Å². The number of amides is 1. The molecule has 1 N–H and O–H groups in total. The van der Waals surface area contributed by atoms with Gasteiger partial charge in [0.1, 0.15) is 0 Å². The minimum absolute atomic E-state index is 0.111. The molecule has 1 aliphatic heterocycles. The smallest absolute Gasteiger partial charge is 0.229 e. The summed E-state index contributed by atoms with van der Waals surface area (Å²) >= 11 is 0. The number of aromatic nitrogens is 2. The summed E-state index contributed by atoms with van der Waals surface area (Å²) < 4.78 is 1.95. The van der Waals surface area contributed by atoms with E-state index < -0.39 is 0 Å². The van der Waals surface area contributed by atoms with Crippen LogP contribution in [-0.2, 0) is 11.3 Å². The fraction of sp³-hybridized carbons (Fsp3) is 0.375. The quantitative estimate of drug-likeness (QED) is 0.867. The Morgan fingerprint density at radius 3 is 2.75 bits per heavy atom. The lowest BCUT2D eigenvalue weighted by molar-refractivity contribution is -0.155. The van der Waals surface area contributed by atoms with Gasteiger partial charge in [0.05, 0.1) is 24.2 Å². The molecule has 0 radical (unpaired) electrons. The SMILES string of the molecule is O=C1NC(c2cnn(Cc3ccccc3)c2)C12CCC2. The molecule has 1 saturated heterocycles. The fourth-order valence-corrected chi connectivity index (χ4v) is 3.33. The molecule has 2 fully saturated rings.